The molecule has 0 radical (unpaired) electrons. The van der Waals surface area contributed by atoms with Gasteiger partial charge in [0.15, 0.2) is 0 Å². The van der Waals surface area contributed by atoms with Crippen LogP contribution >= 0.6 is 11.6 Å². The normalized spacial score (nSPS) is 13.6. The molecule has 1 aromatic heterocycles. The average molecular weight is 272 g/mol. The maximum Gasteiger partial charge on any atom is 0.0847 e. The fourth-order valence-electron chi connectivity index (χ4n) is 2.08. The van der Waals surface area contributed by atoms with E-state index in [1.165, 1.54) is 0 Å². The van der Waals surface area contributed by atoms with Gasteiger partial charge in [-0.25, -0.2) is 0 Å². The summed E-state index contributed by atoms with van der Waals surface area (Å²) in [7, 11) is 1.97. The Morgan fingerprint density at radius 1 is 1.28 bits per heavy atom. The highest BCUT2D eigenvalue weighted by atomic mass is 35.5. The largest absolute Gasteiger partial charge is 0.314 e. The van der Waals surface area contributed by atoms with Gasteiger partial charge in [-0.05, 0) is 31.7 Å². The van der Waals surface area contributed by atoms with E-state index in [-0.39, 0.29) is 0 Å². The SMILES string of the molecule is Cc1nn(C)c(CC(CNC(C)C)C(C)C)c1Cl. The van der Waals surface area contributed by atoms with Crippen LogP contribution in [0.2, 0.25) is 5.02 Å². The van der Waals surface area contributed by atoms with Gasteiger partial charge in [-0.1, -0.05) is 39.3 Å². The average Bonchev–Trinajstić information content (AvgIpc) is 2.49. The van der Waals surface area contributed by atoms with Crippen molar-refractivity contribution in [2.24, 2.45) is 18.9 Å². The van der Waals surface area contributed by atoms with Crippen LogP contribution in [0.25, 0.3) is 0 Å². The molecule has 0 saturated carbocycles. The lowest BCUT2D eigenvalue weighted by atomic mass is 9.90. The molecule has 0 bridgehead atoms. The molecule has 0 amide bonds. The maximum absolute atomic E-state index is 6.32. The molecular weight excluding hydrogens is 246 g/mol. The van der Waals surface area contributed by atoms with Crippen molar-refractivity contribution < 1.29 is 0 Å². The zero-order valence-electron chi connectivity index (χ0n) is 12.4. The Morgan fingerprint density at radius 2 is 1.89 bits per heavy atom. The molecule has 0 aromatic carbocycles. The molecule has 3 nitrogen and oxygen atoms in total. The van der Waals surface area contributed by atoms with Gasteiger partial charge in [-0.2, -0.15) is 5.10 Å². The van der Waals surface area contributed by atoms with Gasteiger partial charge in [-0.3, -0.25) is 4.68 Å². The number of aromatic nitrogens is 2. The van der Waals surface area contributed by atoms with Crippen LogP contribution in [0.4, 0.5) is 0 Å². The van der Waals surface area contributed by atoms with Gasteiger partial charge in [-0.15, -0.1) is 0 Å². The topological polar surface area (TPSA) is 29.9 Å². The summed E-state index contributed by atoms with van der Waals surface area (Å²) in [5, 5.41) is 8.73. The third-order valence-electron chi connectivity index (χ3n) is 3.45. The first-order valence-electron chi connectivity index (χ1n) is 6.74. The number of rotatable bonds is 6. The summed E-state index contributed by atoms with van der Waals surface area (Å²) in [6.45, 7) is 11.9. The van der Waals surface area contributed by atoms with Crippen molar-refractivity contribution in [3.05, 3.63) is 16.4 Å². The minimum Gasteiger partial charge on any atom is -0.314 e. The Kier molecular flexibility index (Phi) is 5.67. The van der Waals surface area contributed by atoms with Crippen molar-refractivity contribution in [3.63, 3.8) is 0 Å². The minimum atomic E-state index is 0.523. The third-order valence-corrected chi connectivity index (χ3v) is 3.94. The molecular formula is C14H26ClN3. The molecule has 0 aliphatic carbocycles. The standard InChI is InChI=1S/C14H26ClN3/c1-9(2)12(8-16-10(3)4)7-13-14(15)11(5)17-18(13)6/h9-10,12,16H,7-8H2,1-6H3. The summed E-state index contributed by atoms with van der Waals surface area (Å²) in [5.74, 6) is 1.21. The minimum absolute atomic E-state index is 0.523. The molecule has 0 aliphatic rings. The van der Waals surface area contributed by atoms with Crippen molar-refractivity contribution >= 4 is 11.6 Å². The molecule has 0 aliphatic heterocycles. The lowest BCUT2D eigenvalue weighted by Crippen LogP contribution is -2.32. The Hall–Kier alpha value is -0.540. The predicted octanol–water partition coefficient (Wildman–Crippen LogP) is 3.19. The predicted molar refractivity (Wildman–Crippen MR) is 78.1 cm³/mol. The van der Waals surface area contributed by atoms with Gasteiger partial charge in [0.2, 0.25) is 0 Å². The van der Waals surface area contributed by atoms with E-state index in [1.807, 2.05) is 18.7 Å². The first-order valence-corrected chi connectivity index (χ1v) is 7.12. The quantitative estimate of drug-likeness (QED) is 0.861. The van der Waals surface area contributed by atoms with Crippen molar-refractivity contribution in [2.45, 2.75) is 47.1 Å². The molecule has 18 heavy (non-hydrogen) atoms. The van der Waals surface area contributed by atoms with Gasteiger partial charge in [0.05, 0.1) is 16.4 Å². The molecule has 1 aromatic rings. The van der Waals surface area contributed by atoms with E-state index in [9.17, 15) is 0 Å². The second kappa shape index (κ2) is 6.58. The monoisotopic (exact) mass is 271 g/mol. The van der Waals surface area contributed by atoms with Crippen LogP contribution in [-0.4, -0.2) is 22.4 Å². The van der Waals surface area contributed by atoms with Crippen molar-refractivity contribution in [1.29, 1.82) is 0 Å². The van der Waals surface area contributed by atoms with Crippen LogP contribution in [0, 0.1) is 18.8 Å². The molecule has 1 heterocycles. The van der Waals surface area contributed by atoms with Gasteiger partial charge in [0, 0.05) is 13.1 Å². The molecule has 0 fully saturated rings. The Bertz CT molecular complexity index is 383. The first kappa shape index (κ1) is 15.5. The van der Waals surface area contributed by atoms with Crippen LogP contribution in [-0.2, 0) is 13.5 Å². The fraction of sp³-hybridized carbons (Fsp3) is 0.786. The highest BCUT2D eigenvalue weighted by Crippen LogP contribution is 2.25. The Balaban J connectivity index is 2.77. The summed E-state index contributed by atoms with van der Waals surface area (Å²) in [4.78, 5) is 0. The molecule has 0 spiro atoms. The van der Waals surface area contributed by atoms with Crippen LogP contribution in [0.15, 0.2) is 0 Å². The number of nitrogens with zero attached hydrogens (tertiary/aromatic N) is 2. The van der Waals surface area contributed by atoms with Gasteiger partial charge in [0.25, 0.3) is 0 Å². The second-order valence-electron chi connectivity index (χ2n) is 5.74. The summed E-state index contributed by atoms with van der Waals surface area (Å²) >= 11 is 6.32. The first-order chi connectivity index (χ1) is 8.32. The van der Waals surface area contributed by atoms with Crippen LogP contribution in [0.1, 0.15) is 39.1 Å². The molecule has 1 atom stereocenters. The lowest BCUT2D eigenvalue weighted by Gasteiger charge is -2.23. The van der Waals surface area contributed by atoms with Crippen molar-refractivity contribution in [2.75, 3.05) is 6.54 Å². The van der Waals surface area contributed by atoms with E-state index in [0.717, 1.165) is 29.4 Å². The summed E-state index contributed by atoms with van der Waals surface area (Å²) < 4.78 is 1.92. The van der Waals surface area contributed by atoms with Crippen molar-refractivity contribution in [1.82, 2.24) is 15.1 Å². The number of nitrogens with one attached hydrogen (secondary N) is 1. The molecule has 104 valence electrons. The van der Waals surface area contributed by atoms with Crippen molar-refractivity contribution in [3.8, 4) is 0 Å². The van der Waals surface area contributed by atoms with E-state index in [4.69, 9.17) is 11.6 Å². The summed E-state index contributed by atoms with van der Waals surface area (Å²) in [6.07, 6.45) is 0.980. The zero-order valence-corrected chi connectivity index (χ0v) is 13.2. The molecule has 4 heteroatoms. The lowest BCUT2D eigenvalue weighted by molar-refractivity contribution is 0.343. The Labute approximate surface area is 116 Å². The van der Waals surface area contributed by atoms with Crippen LogP contribution in [0.5, 0.6) is 0 Å². The van der Waals surface area contributed by atoms with Crippen LogP contribution < -0.4 is 5.32 Å². The number of halogens is 1. The highest BCUT2D eigenvalue weighted by molar-refractivity contribution is 6.31. The van der Waals surface area contributed by atoms with E-state index < -0.39 is 0 Å². The number of hydrogen-bond donors (Lipinski definition) is 1. The molecule has 1 rings (SSSR count). The second-order valence-corrected chi connectivity index (χ2v) is 6.12. The van der Waals surface area contributed by atoms with E-state index >= 15 is 0 Å². The van der Waals surface area contributed by atoms with E-state index in [2.05, 4.69) is 38.1 Å². The van der Waals surface area contributed by atoms with Crippen LogP contribution in [0.3, 0.4) is 0 Å². The summed E-state index contributed by atoms with van der Waals surface area (Å²) in [6, 6.07) is 0.523. The zero-order chi connectivity index (χ0) is 13.9. The third kappa shape index (κ3) is 3.99. The molecule has 1 N–H and O–H groups in total. The smallest absolute Gasteiger partial charge is 0.0847 e. The highest BCUT2D eigenvalue weighted by Gasteiger charge is 2.19. The summed E-state index contributed by atoms with van der Waals surface area (Å²) in [5.41, 5.74) is 2.08. The van der Waals surface area contributed by atoms with Gasteiger partial charge in [0.1, 0.15) is 0 Å². The fourth-order valence-corrected chi connectivity index (χ4v) is 2.32. The molecule has 0 saturated heterocycles. The van der Waals surface area contributed by atoms with Gasteiger partial charge >= 0.3 is 0 Å². The maximum atomic E-state index is 6.32. The van der Waals surface area contributed by atoms with E-state index in [1.54, 1.807) is 0 Å². The molecule has 1 unspecified atom stereocenters. The van der Waals surface area contributed by atoms with E-state index in [0.29, 0.717) is 17.9 Å². The number of aryl methyl sites for hydroxylation is 2. The van der Waals surface area contributed by atoms with Gasteiger partial charge < -0.3 is 5.32 Å². The Morgan fingerprint density at radius 3 is 2.28 bits per heavy atom. The number of hydrogen-bond acceptors (Lipinski definition) is 2.